The molecule has 0 saturated heterocycles. The maximum atomic E-state index is 12.3. The minimum atomic E-state index is -0.408. The van der Waals surface area contributed by atoms with Crippen molar-refractivity contribution in [2.75, 3.05) is 0 Å². The molecule has 6 nitrogen and oxygen atoms in total. The normalized spacial score (nSPS) is 10.3. The van der Waals surface area contributed by atoms with Crippen molar-refractivity contribution in [3.8, 4) is 17.6 Å². The van der Waals surface area contributed by atoms with Crippen LogP contribution in [0.2, 0.25) is 0 Å². The molecular formula is C24H22N2O4. The molecule has 0 aliphatic carbocycles. The lowest BCUT2D eigenvalue weighted by molar-refractivity contribution is -0.144. The number of pyridine rings is 1. The highest BCUT2D eigenvalue weighted by molar-refractivity contribution is 5.70. The first-order valence-electron chi connectivity index (χ1n) is 9.58. The second-order valence-electron chi connectivity index (χ2n) is 6.85. The van der Waals surface area contributed by atoms with Gasteiger partial charge >= 0.3 is 5.97 Å². The molecule has 1 aromatic heterocycles. The van der Waals surface area contributed by atoms with Gasteiger partial charge < -0.3 is 14.5 Å². The maximum Gasteiger partial charge on any atom is 0.306 e. The molecule has 0 saturated carbocycles. The molecule has 3 aromatic rings. The number of aromatic nitrogens is 1. The average molecular weight is 402 g/mol. The number of hydrogen-bond donors (Lipinski definition) is 1. The number of aryl methyl sites for hydroxylation is 1. The van der Waals surface area contributed by atoms with Gasteiger partial charge in [-0.05, 0) is 49.6 Å². The number of esters is 1. The van der Waals surface area contributed by atoms with E-state index in [-0.39, 0.29) is 24.6 Å². The van der Waals surface area contributed by atoms with E-state index in [9.17, 15) is 9.59 Å². The molecule has 1 heterocycles. The van der Waals surface area contributed by atoms with Crippen molar-refractivity contribution in [2.24, 2.45) is 0 Å². The summed E-state index contributed by atoms with van der Waals surface area (Å²) >= 11 is 0. The minimum Gasteiger partial charge on any atom is -0.461 e. The molecule has 0 bridgehead atoms. The Morgan fingerprint density at radius 3 is 2.50 bits per heavy atom. The number of carbonyl (C=O) groups is 1. The van der Waals surface area contributed by atoms with Crippen LogP contribution in [0.1, 0.15) is 34.4 Å². The third-order valence-electron chi connectivity index (χ3n) is 4.83. The number of nitrogens with zero attached hydrogens (tertiary/aromatic N) is 1. The molecule has 30 heavy (non-hydrogen) atoms. The van der Waals surface area contributed by atoms with Crippen LogP contribution in [-0.4, -0.2) is 11.0 Å². The van der Waals surface area contributed by atoms with Crippen molar-refractivity contribution in [1.29, 1.82) is 5.26 Å². The van der Waals surface area contributed by atoms with Gasteiger partial charge in [-0.3, -0.25) is 9.59 Å². The Hall–Kier alpha value is -3.85. The third-order valence-corrected chi connectivity index (χ3v) is 4.83. The van der Waals surface area contributed by atoms with Gasteiger partial charge in [0.25, 0.3) is 5.56 Å². The molecule has 0 unspecified atom stereocenters. The Bertz CT molecular complexity index is 1140. The average Bonchev–Trinajstić information content (AvgIpc) is 2.74. The number of rotatable bonds is 7. The topological polar surface area (TPSA) is 92.2 Å². The number of nitriles is 1. The van der Waals surface area contributed by atoms with E-state index >= 15 is 0 Å². The Labute approximate surface area is 174 Å². The van der Waals surface area contributed by atoms with Crippen LogP contribution in [0.5, 0.6) is 11.5 Å². The Kier molecular flexibility index (Phi) is 6.66. The molecule has 0 atom stereocenters. The highest BCUT2D eigenvalue weighted by Gasteiger charge is 2.14. The number of H-pyrrole nitrogens is 1. The van der Waals surface area contributed by atoms with E-state index in [1.165, 1.54) is 0 Å². The van der Waals surface area contributed by atoms with Crippen LogP contribution in [0.15, 0.2) is 59.4 Å². The van der Waals surface area contributed by atoms with Crippen LogP contribution in [0.3, 0.4) is 0 Å². The summed E-state index contributed by atoms with van der Waals surface area (Å²) in [5, 5.41) is 9.16. The van der Waals surface area contributed by atoms with Crippen molar-refractivity contribution in [1.82, 2.24) is 4.98 Å². The first kappa shape index (κ1) is 20.9. The lowest BCUT2D eigenvalue weighted by Crippen LogP contribution is -2.17. The monoisotopic (exact) mass is 402 g/mol. The van der Waals surface area contributed by atoms with Crippen molar-refractivity contribution < 1.29 is 14.3 Å². The van der Waals surface area contributed by atoms with E-state index < -0.39 is 5.56 Å². The van der Waals surface area contributed by atoms with Crippen molar-refractivity contribution in [3.05, 3.63) is 92.9 Å². The van der Waals surface area contributed by atoms with E-state index in [4.69, 9.17) is 14.7 Å². The second kappa shape index (κ2) is 9.57. The van der Waals surface area contributed by atoms with Gasteiger partial charge in [-0.2, -0.15) is 5.26 Å². The number of aromatic amines is 1. The van der Waals surface area contributed by atoms with E-state index in [1.54, 1.807) is 13.8 Å². The zero-order chi connectivity index (χ0) is 21.5. The zero-order valence-electron chi connectivity index (χ0n) is 16.9. The van der Waals surface area contributed by atoms with Crippen molar-refractivity contribution >= 4 is 5.97 Å². The van der Waals surface area contributed by atoms with Crippen LogP contribution in [0, 0.1) is 25.2 Å². The lowest BCUT2D eigenvalue weighted by atomic mass is 9.99. The van der Waals surface area contributed by atoms with Crippen molar-refractivity contribution in [2.45, 2.75) is 33.3 Å². The molecule has 3 rings (SSSR count). The van der Waals surface area contributed by atoms with Gasteiger partial charge in [0, 0.05) is 17.7 Å². The molecule has 152 valence electrons. The van der Waals surface area contributed by atoms with Crippen LogP contribution in [0.25, 0.3) is 0 Å². The largest absolute Gasteiger partial charge is 0.461 e. The van der Waals surface area contributed by atoms with Gasteiger partial charge in [0.1, 0.15) is 29.7 Å². The first-order chi connectivity index (χ1) is 14.5. The van der Waals surface area contributed by atoms with Gasteiger partial charge in [-0.1, -0.05) is 36.4 Å². The summed E-state index contributed by atoms with van der Waals surface area (Å²) < 4.78 is 11.3. The SMILES string of the molecule is Cc1[nH]c(=O)c(C#N)c(C)c1CCC(=O)OCc1ccccc1Oc1ccccc1. The molecule has 0 aliphatic rings. The van der Waals surface area contributed by atoms with Gasteiger partial charge in [0.05, 0.1) is 0 Å². The second-order valence-corrected chi connectivity index (χ2v) is 6.85. The summed E-state index contributed by atoms with van der Waals surface area (Å²) in [6.07, 6.45) is 0.518. The summed E-state index contributed by atoms with van der Waals surface area (Å²) in [7, 11) is 0. The summed E-state index contributed by atoms with van der Waals surface area (Å²) in [5.74, 6) is 0.962. The molecule has 0 radical (unpaired) electrons. The zero-order valence-corrected chi connectivity index (χ0v) is 16.9. The molecule has 0 amide bonds. The molecule has 0 fully saturated rings. The molecule has 6 heteroatoms. The van der Waals surface area contributed by atoms with Crippen LogP contribution in [-0.2, 0) is 22.6 Å². The van der Waals surface area contributed by atoms with Gasteiger partial charge in [0.2, 0.25) is 0 Å². The molecule has 0 spiro atoms. The van der Waals surface area contributed by atoms with Gasteiger partial charge in [0.15, 0.2) is 0 Å². The predicted molar refractivity (Wildman–Crippen MR) is 112 cm³/mol. The maximum absolute atomic E-state index is 12.3. The standard InChI is InChI=1S/C24H22N2O4/c1-16-20(17(2)26-24(28)21(16)14-25)12-13-23(27)29-15-18-8-6-7-11-22(18)30-19-9-4-3-5-10-19/h3-11H,12-13,15H2,1-2H3,(H,26,28). The number of hydrogen-bond acceptors (Lipinski definition) is 5. The van der Waals surface area contributed by atoms with E-state index in [2.05, 4.69) is 4.98 Å². The highest BCUT2D eigenvalue weighted by atomic mass is 16.5. The number of para-hydroxylation sites is 2. The van der Waals surface area contributed by atoms with E-state index in [0.29, 0.717) is 29.2 Å². The van der Waals surface area contributed by atoms with E-state index in [0.717, 1.165) is 11.1 Å². The van der Waals surface area contributed by atoms with Crippen LogP contribution in [0.4, 0.5) is 0 Å². The van der Waals surface area contributed by atoms with E-state index in [1.807, 2.05) is 60.7 Å². The third kappa shape index (κ3) is 4.95. The first-order valence-corrected chi connectivity index (χ1v) is 9.58. The smallest absolute Gasteiger partial charge is 0.306 e. The Balaban J connectivity index is 1.63. The molecule has 2 aromatic carbocycles. The lowest BCUT2D eigenvalue weighted by Gasteiger charge is -2.13. The highest BCUT2D eigenvalue weighted by Crippen LogP contribution is 2.25. The summed E-state index contributed by atoms with van der Waals surface area (Å²) in [4.78, 5) is 26.8. The molecule has 0 aliphatic heterocycles. The number of nitrogens with one attached hydrogen (secondary N) is 1. The van der Waals surface area contributed by atoms with Gasteiger partial charge in [-0.25, -0.2) is 0 Å². The summed E-state index contributed by atoms with van der Waals surface area (Å²) in [5.41, 5.74) is 2.48. The van der Waals surface area contributed by atoms with Crippen LogP contribution < -0.4 is 10.3 Å². The quantitative estimate of drug-likeness (QED) is 0.594. The molecule has 1 N–H and O–H groups in total. The predicted octanol–water partition coefficient (Wildman–Crippen LogP) is 4.33. The van der Waals surface area contributed by atoms with Gasteiger partial charge in [-0.15, -0.1) is 0 Å². The Morgan fingerprint density at radius 2 is 1.77 bits per heavy atom. The Morgan fingerprint density at radius 1 is 1.07 bits per heavy atom. The summed E-state index contributed by atoms with van der Waals surface area (Å²) in [6.45, 7) is 3.57. The molecular weight excluding hydrogens is 380 g/mol. The van der Waals surface area contributed by atoms with Crippen molar-refractivity contribution in [3.63, 3.8) is 0 Å². The number of ether oxygens (including phenoxy) is 2. The fraction of sp³-hybridized carbons (Fsp3) is 0.208. The fourth-order valence-electron chi connectivity index (χ4n) is 3.22. The fourth-order valence-corrected chi connectivity index (χ4v) is 3.22. The summed E-state index contributed by atoms with van der Waals surface area (Å²) in [6, 6.07) is 18.7. The van der Waals surface area contributed by atoms with Crippen LogP contribution >= 0.6 is 0 Å². The number of benzene rings is 2. The minimum absolute atomic E-state index is 0.0796. The number of carbonyl (C=O) groups excluding carboxylic acids is 1.